The third kappa shape index (κ3) is 3.64. The minimum absolute atomic E-state index is 0.0658. The normalized spacial score (nSPS) is 22.6. The Balaban J connectivity index is 1.59. The SMILES string of the molecule is COc1ccc([C@@H](C)NC(=O)N2CCN3CCCC[C@H]3C2)cc1F. The lowest BCUT2D eigenvalue weighted by Crippen LogP contribution is -2.58. The number of nitrogens with zero attached hydrogens (tertiary/aromatic N) is 2. The van der Waals surface area contributed by atoms with Crippen LogP contribution in [-0.4, -0.2) is 55.2 Å². The van der Waals surface area contributed by atoms with Crippen LogP contribution in [0.25, 0.3) is 0 Å². The quantitative estimate of drug-likeness (QED) is 0.924. The van der Waals surface area contributed by atoms with Gasteiger partial charge in [-0.2, -0.15) is 0 Å². The number of rotatable bonds is 3. The maximum Gasteiger partial charge on any atom is 0.317 e. The molecular weight excluding hydrogens is 309 g/mol. The van der Waals surface area contributed by atoms with Gasteiger partial charge in [0, 0.05) is 25.7 Å². The first-order valence-electron chi connectivity index (χ1n) is 8.71. The molecule has 0 unspecified atom stereocenters. The fourth-order valence-corrected chi connectivity index (χ4v) is 3.65. The van der Waals surface area contributed by atoms with Crippen LogP contribution in [0.15, 0.2) is 18.2 Å². The summed E-state index contributed by atoms with van der Waals surface area (Å²) in [4.78, 5) is 16.9. The zero-order valence-corrected chi connectivity index (χ0v) is 14.4. The van der Waals surface area contributed by atoms with Crippen molar-refractivity contribution in [3.8, 4) is 5.75 Å². The van der Waals surface area contributed by atoms with E-state index in [4.69, 9.17) is 4.74 Å². The number of hydrogen-bond donors (Lipinski definition) is 1. The Morgan fingerprint density at radius 2 is 2.17 bits per heavy atom. The van der Waals surface area contributed by atoms with Gasteiger partial charge in [-0.25, -0.2) is 9.18 Å². The van der Waals surface area contributed by atoms with Gasteiger partial charge in [-0.05, 0) is 44.0 Å². The van der Waals surface area contributed by atoms with Crippen molar-refractivity contribution in [3.05, 3.63) is 29.6 Å². The highest BCUT2D eigenvalue weighted by molar-refractivity contribution is 5.75. The molecule has 0 aliphatic carbocycles. The van der Waals surface area contributed by atoms with Crippen molar-refractivity contribution in [1.29, 1.82) is 0 Å². The number of hydrogen-bond acceptors (Lipinski definition) is 3. The summed E-state index contributed by atoms with van der Waals surface area (Å²) < 4.78 is 18.8. The molecule has 2 fully saturated rings. The first-order chi connectivity index (χ1) is 11.6. The Morgan fingerprint density at radius 3 is 2.92 bits per heavy atom. The maximum atomic E-state index is 13.8. The van der Waals surface area contributed by atoms with Crippen LogP contribution >= 0.6 is 0 Å². The van der Waals surface area contributed by atoms with E-state index in [1.54, 1.807) is 12.1 Å². The van der Waals surface area contributed by atoms with Crippen LogP contribution in [0.4, 0.5) is 9.18 Å². The number of piperidine rings is 1. The molecule has 6 heteroatoms. The van der Waals surface area contributed by atoms with Gasteiger partial charge in [-0.3, -0.25) is 4.90 Å². The monoisotopic (exact) mass is 335 g/mol. The van der Waals surface area contributed by atoms with E-state index in [-0.39, 0.29) is 17.8 Å². The zero-order chi connectivity index (χ0) is 17.1. The first-order valence-corrected chi connectivity index (χ1v) is 8.71. The molecule has 0 saturated carbocycles. The van der Waals surface area contributed by atoms with Gasteiger partial charge in [0.1, 0.15) is 0 Å². The highest BCUT2D eigenvalue weighted by Gasteiger charge is 2.31. The second kappa shape index (κ2) is 7.38. The first kappa shape index (κ1) is 17.0. The molecule has 0 spiro atoms. The van der Waals surface area contributed by atoms with Crippen LogP contribution < -0.4 is 10.1 Å². The van der Waals surface area contributed by atoms with Crippen molar-refractivity contribution >= 4 is 6.03 Å². The molecule has 132 valence electrons. The molecule has 2 aliphatic heterocycles. The van der Waals surface area contributed by atoms with E-state index in [1.165, 1.54) is 32.4 Å². The molecule has 1 aromatic rings. The van der Waals surface area contributed by atoms with Gasteiger partial charge in [0.05, 0.1) is 13.2 Å². The van der Waals surface area contributed by atoms with E-state index in [0.717, 1.165) is 31.7 Å². The van der Waals surface area contributed by atoms with Crippen LogP contribution in [0.5, 0.6) is 5.75 Å². The minimum atomic E-state index is -0.410. The molecule has 0 aromatic heterocycles. The average molecular weight is 335 g/mol. The Hall–Kier alpha value is -1.82. The van der Waals surface area contributed by atoms with E-state index >= 15 is 0 Å². The van der Waals surface area contributed by atoms with Crippen molar-refractivity contribution in [2.24, 2.45) is 0 Å². The summed E-state index contributed by atoms with van der Waals surface area (Å²) in [6.07, 6.45) is 3.68. The number of nitrogens with one attached hydrogen (secondary N) is 1. The summed E-state index contributed by atoms with van der Waals surface area (Å²) in [5.41, 5.74) is 0.734. The number of ether oxygens (including phenoxy) is 1. The van der Waals surface area contributed by atoms with Gasteiger partial charge in [-0.15, -0.1) is 0 Å². The number of carbonyl (C=O) groups is 1. The third-order valence-corrected chi connectivity index (χ3v) is 5.14. The second-order valence-corrected chi connectivity index (χ2v) is 6.70. The predicted molar refractivity (Wildman–Crippen MR) is 90.7 cm³/mol. The largest absolute Gasteiger partial charge is 0.494 e. The van der Waals surface area contributed by atoms with Crippen molar-refractivity contribution in [3.63, 3.8) is 0 Å². The average Bonchev–Trinajstić information content (AvgIpc) is 2.61. The van der Waals surface area contributed by atoms with Crippen molar-refractivity contribution in [1.82, 2.24) is 15.1 Å². The van der Waals surface area contributed by atoms with Crippen LogP contribution in [-0.2, 0) is 0 Å². The second-order valence-electron chi connectivity index (χ2n) is 6.70. The number of piperazine rings is 1. The van der Waals surface area contributed by atoms with Crippen molar-refractivity contribution in [2.45, 2.75) is 38.3 Å². The lowest BCUT2D eigenvalue weighted by molar-refractivity contribution is 0.0637. The maximum absolute atomic E-state index is 13.8. The van der Waals surface area contributed by atoms with Crippen LogP contribution in [0, 0.1) is 5.82 Å². The van der Waals surface area contributed by atoms with Gasteiger partial charge in [0.15, 0.2) is 11.6 Å². The predicted octanol–water partition coefficient (Wildman–Crippen LogP) is 2.78. The summed E-state index contributed by atoms with van der Waals surface area (Å²) in [6, 6.07) is 4.97. The van der Waals surface area contributed by atoms with Gasteiger partial charge in [-0.1, -0.05) is 12.5 Å². The van der Waals surface area contributed by atoms with E-state index in [2.05, 4.69) is 10.2 Å². The Bertz CT molecular complexity index is 596. The highest BCUT2D eigenvalue weighted by atomic mass is 19.1. The van der Waals surface area contributed by atoms with Gasteiger partial charge < -0.3 is 15.0 Å². The molecular formula is C18H26FN3O2. The lowest BCUT2D eigenvalue weighted by Gasteiger charge is -2.44. The summed E-state index contributed by atoms with van der Waals surface area (Å²) >= 11 is 0. The number of fused-ring (bicyclic) bond motifs is 1. The minimum Gasteiger partial charge on any atom is -0.494 e. The summed E-state index contributed by atoms with van der Waals surface area (Å²) in [5.74, 6) is -0.197. The van der Waals surface area contributed by atoms with Gasteiger partial charge in [0.25, 0.3) is 0 Å². The van der Waals surface area contributed by atoms with Gasteiger partial charge >= 0.3 is 6.03 Å². The van der Waals surface area contributed by atoms with E-state index in [9.17, 15) is 9.18 Å². The van der Waals surface area contributed by atoms with Crippen molar-refractivity contribution in [2.75, 3.05) is 33.3 Å². The number of methoxy groups -OCH3 is 1. The van der Waals surface area contributed by atoms with E-state index in [0.29, 0.717) is 6.04 Å². The molecule has 2 atom stereocenters. The number of benzene rings is 1. The fourth-order valence-electron chi connectivity index (χ4n) is 3.65. The van der Waals surface area contributed by atoms with Gasteiger partial charge in [0.2, 0.25) is 0 Å². The molecule has 24 heavy (non-hydrogen) atoms. The van der Waals surface area contributed by atoms with Crippen LogP contribution in [0.1, 0.15) is 37.8 Å². The number of urea groups is 1. The summed E-state index contributed by atoms with van der Waals surface area (Å²) in [7, 11) is 1.44. The fraction of sp³-hybridized carbons (Fsp3) is 0.611. The molecule has 2 aliphatic rings. The Labute approximate surface area is 142 Å². The highest BCUT2D eigenvalue weighted by Crippen LogP contribution is 2.23. The lowest BCUT2D eigenvalue weighted by atomic mass is 10.00. The summed E-state index contributed by atoms with van der Waals surface area (Å²) in [5, 5.41) is 2.99. The number of carbonyl (C=O) groups excluding carboxylic acids is 1. The molecule has 5 nitrogen and oxygen atoms in total. The van der Waals surface area contributed by atoms with Crippen LogP contribution in [0.3, 0.4) is 0 Å². The van der Waals surface area contributed by atoms with Crippen LogP contribution in [0.2, 0.25) is 0 Å². The number of amides is 2. The molecule has 1 aromatic carbocycles. The third-order valence-electron chi connectivity index (χ3n) is 5.14. The van der Waals surface area contributed by atoms with E-state index < -0.39 is 5.82 Å². The molecule has 0 radical (unpaired) electrons. The standard InChI is InChI=1S/C18H26FN3O2/c1-13(14-6-7-17(24-2)16(19)11-14)20-18(23)22-10-9-21-8-4-3-5-15(21)12-22/h6-7,11,13,15H,3-5,8-10,12H2,1-2H3,(H,20,23)/t13-,15+/m1/s1. The number of halogens is 1. The van der Waals surface area contributed by atoms with E-state index in [1.807, 2.05) is 11.8 Å². The smallest absolute Gasteiger partial charge is 0.317 e. The molecule has 3 rings (SSSR count). The Morgan fingerprint density at radius 1 is 1.33 bits per heavy atom. The molecule has 2 saturated heterocycles. The molecule has 2 amide bonds. The zero-order valence-electron chi connectivity index (χ0n) is 14.4. The summed E-state index contributed by atoms with van der Waals surface area (Å²) in [6.45, 7) is 5.52. The Kier molecular flexibility index (Phi) is 5.23. The van der Waals surface area contributed by atoms with Crippen molar-refractivity contribution < 1.29 is 13.9 Å². The molecule has 0 bridgehead atoms. The topological polar surface area (TPSA) is 44.8 Å². The molecule has 2 heterocycles. The molecule has 1 N–H and O–H groups in total.